The Bertz CT molecular complexity index is 1510. The number of aromatic nitrogens is 4. The predicted octanol–water partition coefficient (Wildman–Crippen LogP) is 3.17. The highest BCUT2D eigenvalue weighted by atomic mass is 35.5. The van der Waals surface area contributed by atoms with E-state index in [4.69, 9.17) is 28.3 Å². The molecule has 1 aliphatic heterocycles. The largest absolute Gasteiger partial charge is 0.332 e. The number of benzene rings is 2. The lowest BCUT2D eigenvalue weighted by Crippen LogP contribution is -2.38. The smallest absolute Gasteiger partial charge is 0.297 e. The van der Waals surface area contributed by atoms with Crippen molar-refractivity contribution in [3.63, 3.8) is 0 Å². The van der Waals surface area contributed by atoms with Gasteiger partial charge in [-0.15, -0.1) is 0 Å². The Hall–Kier alpha value is -3.36. The summed E-state index contributed by atoms with van der Waals surface area (Å²) in [5, 5.41) is 7.80. The van der Waals surface area contributed by atoms with Crippen LogP contribution in [0.25, 0.3) is 11.2 Å². The Morgan fingerprint density at radius 3 is 2.44 bits per heavy atom. The highest BCUT2D eigenvalue weighted by molar-refractivity contribution is 6.31. The Morgan fingerprint density at radius 1 is 0.969 bits per heavy atom. The molecule has 8 nitrogen and oxygen atoms in total. The second-order valence-corrected chi connectivity index (χ2v) is 8.49. The van der Waals surface area contributed by atoms with E-state index in [9.17, 15) is 9.59 Å². The molecule has 0 saturated heterocycles. The molecule has 2 aromatic heterocycles. The fourth-order valence-electron chi connectivity index (χ4n) is 3.86. The maximum atomic E-state index is 13.0. The van der Waals surface area contributed by atoms with Crippen LogP contribution in [-0.4, -0.2) is 24.4 Å². The fraction of sp³-hybridized carbons (Fsp3) is 0.182. The molecule has 0 amide bonds. The average Bonchev–Trinajstić information content (AvgIpc) is 3.17. The summed E-state index contributed by atoms with van der Waals surface area (Å²) < 4.78 is 4.27. The molecule has 10 heteroatoms. The molecule has 5 rings (SSSR count). The van der Waals surface area contributed by atoms with Crippen LogP contribution in [0.3, 0.4) is 0 Å². The Labute approximate surface area is 192 Å². The minimum atomic E-state index is -0.432. The quantitative estimate of drug-likeness (QED) is 0.462. The van der Waals surface area contributed by atoms with E-state index in [-0.39, 0.29) is 0 Å². The lowest BCUT2D eigenvalue weighted by Gasteiger charge is -2.26. The van der Waals surface area contributed by atoms with Crippen LogP contribution in [-0.2, 0) is 27.2 Å². The van der Waals surface area contributed by atoms with Gasteiger partial charge in [-0.25, -0.2) is 9.80 Å². The molecule has 162 valence electrons. The zero-order chi connectivity index (χ0) is 22.6. The summed E-state index contributed by atoms with van der Waals surface area (Å²) >= 11 is 12.2. The van der Waals surface area contributed by atoms with Crippen LogP contribution in [0.5, 0.6) is 0 Å². The average molecular weight is 469 g/mol. The molecule has 1 aliphatic rings. The number of rotatable bonds is 3. The third-order valence-electron chi connectivity index (χ3n) is 5.51. The second kappa shape index (κ2) is 7.65. The molecular formula is C22H18Cl2N6O2. The number of halogens is 2. The van der Waals surface area contributed by atoms with Crippen LogP contribution in [0.1, 0.15) is 11.1 Å². The number of hydrogen-bond acceptors (Lipinski definition) is 5. The van der Waals surface area contributed by atoms with Gasteiger partial charge >= 0.3 is 5.69 Å². The number of hydrogen-bond donors (Lipinski definition) is 0. The third-order valence-corrected chi connectivity index (χ3v) is 5.99. The maximum absolute atomic E-state index is 13.0. The van der Waals surface area contributed by atoms with Crippen LogP contribution in [0.15, 0.2) is 63.2 Å². The normalized spacial score (nSPS) is 13.4. The zero-order valence-corrected chi connectivity index (χ0v) is 18.8. The minimum Gasteiger partial charge on any atom is -0.297 e. The van der Waals surface area contributed by atoms with Crippen LogP contribution >= 0.6 is 23.2 Å². The van der Waals surface area contributed by atoms with E-state index < -0.39 is 11.2 Å². The first kappa shape index (κ1) is 20.5. The van der Waals surface area contributed by atoms with Crippen molar-refractivity contribution in [1.29, 1.82) is 0 Å². The van der Waals surface area contributed by atoms with E-state index in [0.717, 1.165) is 21.4 Å². The second-order valence-electron chi connectivity index (χ2n) is 7.62. The van der Waals surface area contributed by atoms with Crippen LogP contribution in [0, 0.1) is 0 Å². The maximum Gasteiger partial charge on any atom is 0.332 e. The highest BCUT2D eigenvalue weighted by Crippen LogP contribution is 2.27. The Balaban J connectivity index is 1.73. The molecular weight excluding hydrogens is 451 g/mol. The van der Waals surface area contributed by atoms with E-state index in [0.29, 0.717) is 40.2 Å². The Morgan fingerprint density at radius 2 is 1.72 bits per heavy atom. The Kier molecular flexibility index (Phi) is 4.91. The van der Waals surface area contributed by atoms with Crippen molar-refractivity contribution < 1.29 is 0 Å². The number of imidazole rings is 1. The van der Waals surface area contributed by atoms with Gasteiger partial charge < -0.3 is 0 Å². The minimum absolute atomic E-state index is 0.316. The van der Waals surface area contributed by atoms with Crippen LogP contribution in [0.2, 0.25) is 10.0 Å². The molecule has 3 heterocycles. The number of nitrogens with zero attached hydrogens (tertiary/aromatic N) is 6. The highest BCUT2D eigenvalue weighted by Gasteiger charge is 2.28. The van der Waals surface area contributed by atoms with Crippen molar-refractivity contribution >= 4 is 46.0 Å². The van der Waals surface area contributed by atoms with E-state index in [2.05, 4.69) is 4.98 Å². The van der Waals surface area contributed by atoms with Crippen molar-refractivity contribution in [3.8, 4) is 0 Å². The lowest BCUT2D eigenvalue weighted by molar-refractivity contribution is 0.699. The molecule has 0 unspecified atom stereocenters. The molecule has 32 heavy (non-hydrogen) atoms. The molecule has 0 N–H and O–H groups in total. The third kappa shape index (κ3) is 3.32. The summed E-state index contributed by atoms with van der Waals surface area (Å²) in [5.74, 6) is 0.482. The van der Waals surface area contributed by atoms with Gasteiger partial charge in [-0.2, -0.15) is 10.1 Å². The van der Waals surface area contributed by atoms with Crippen LogP contribution < -0.4 is 16.3 Å². The van der Waals surface area contributed by atoms with Gasteiger partial charge in [0, 0.05) is 24.1 Å². The number of anilines is 1. The molecule has 0 aliphatic carbocycles. The summed E-state index contributed by atoms with van der Waals surface area (Å²) in [7, 11) is 3.07. The standard InChI is InChI=1S/C22H18Cl2N6O2/c1-27-19-18(20(31)28(2)22(27)32)29-12-17(14-6-8-15(23)9-7-14)26-30(21(29)25-19)11-13-4-3-5-16(24)10-13/h3-10H,11-12H2,1-2H3. The molecule has 2 aromatic carbocycles. The zero-order valence-electron chi connectivity index (χ0n) is 17.3. The van der Waals surface area contributed by atoms with Crippen LogP contribution in [0.4, 0.5) is 5.95 Å². The van der Waals surface area contributed by atoms with Gasteiger partial charge in [0.25, 0.3) is 5.56 Å². The van der Waals surface area contributed by atoms with Gasteiger partial charge in [0.2, 0.25) is 5.95 Å². The first-order valence-electron chi connectivity index (χ1n) is 9.85. The first-order valence-corrected chi connectivity index (χ1v) is 10.6. The van der Waals surface area contributed by atoms with Gasteiger partial charge in [-0.1, -0.05) is 47.5 Å². The molecule has 0 spiro atoms. The van der Waals surface area contributed by atoms with E-state index in [1.54, 1.807) is 34.8 Å². The predicted molar refractivity (Wildman–Crippen MR) is 126 cm³/mol. The van der Waals surface area contributed by atoms with E-state index in [1.807, 2.05) is 30.3 Å². The van der Waals surface area contributed by atoms with Crippen molar-refractivity contribution in [1.82, 2.24) is 18.7 Å². The molecule has 0 atom stereocenters. The summed E-state index contributed by atoms with van der Waals surface area (Å²) in [6.07, 6.45) is 0. The molecule has 0 saturated carbocycles. The number of fused-ring (bicyclic) bond motifs is 3. The molecule has 4 aromatic rings. The summed E-state index contributed by atoms with van der Waals surface area (Å²) in [4.78, 5) is 30.1. The van der Waals surface area contributed by atoms with Crippen molar-refractivity contribution in [2.75, 3.05) is 5.01 Å². The van der Waals surface area contributed by atoms with Gasteiger partial charge in [0.1, 0.15) is 0 Å². The van der Waals surface area contributed by atoms with Crippen molar-refractivity contribution in [2.24, 2.45) is 19.2 Å². The monoisotopic (exact) mass is 468 g/mol. The van der Waals surface area contributed by atoms with Crippen molar-refractivity contribution in [3.05, 3.63) is 90.5 Å². The van der Waals surface area contributed by atoms with E-state index >= 15 is 0 Å². The lowest BCUT2D eigenvalue weighted by atomic mass is 10.1. The fourth-order valence-corrected chi connectivity index (χ4v) is 4.20. The van der Waals surface area contributed by atoms with Gasteiger partial charge in [-0.3, -0.25) is 18.5 Å². The van der Waals surface area contributed by atoms with Gasteiger partial charge in [-0.05, 0) is 35.4 Å². The molecule has 0 fully saturated rings. The molecule has 0 bridgehead atoms. The van der Waals surface area contributed by atoms with Crippen molar-refractivity contribution in [2.45, 2.75) is 13.1 Å². The first-order chi connectivity index (χ1) is 15.3. The molecule has 0 radical (unpaired) electrons. The summed E-state index contributed by atoms with van der Waals surface area (Å²) in [5.41, 5.74) is 2.38. The summed E-state index contributed by atoms with van der Waals surface area (Å²) in [6.45, 7) is 0.711. The SMILES string of the molecule is Cn1c(=O)c2c(nc3n2CC(c2ccc(Cl)cc2)=NN3Cc2cccc(Cl)c2)n(C)c1=O. The van der Waals surface area contributed by atoms with E-state index in [1.165, 1.54) is 11.6 Å². The van der Waals surface area contributed by atoms with Gasteiger partial charge in [0.05, 0.1) is 18.8 Å². The van der Waals surface area contributed by atoms with Gasteiger partial charge in [0.15, 0.2) is 11.2 Å². The number of aryl methyl sites for hydroxylation is 1. The topological polar surface area (TPSA) is 77.4 Å². The number of hydrazone groups is 1. The summed E-state index contributed by atoms with van der Waals surface area (Å²) in [6, 6.07) is 14.8.